The molecule has 0 unspecified atom stereocenters. The maximum atomic E-state index is 11.6. The number of ether oxygens (including phenoxy) is 1. The van der Waals surface area contributed by atoms with Crippen LogP contribution >= 0.6 is 0 Å². The Morgan fingerprint density at radius 2 is 1.62 bits per heavy atom. The molecule has 96 valence electrons. The second-order valence-electron chi connectivity index (χ2n) is 4.57. The Balaban J connectivity index is 4.25. The molecule has 0 bridgehead atoms. The van der Waals surface area contributed by atoms with Crippen molar-refractivity contribution >= 4 is 5.97 Å². The molecule has 16 heavy (non-hydrogen) atoms. The average Bonchev–Trinajstić information content (AvgIpc) is 2.28. The van der Waals surface area contributed by atoms with Crippen LogP contribution < -0.4 is 0 Å². The number of hydrogen-bond donors (Lipinski definition) is 0. The van der Waals surface area contributed by atoms with Gasteiger partial charge >= 0.3 is 5.97 Å². The molecule has 0 aliphatic heterocycles. The summed E-state index contributed by atoms with van der Waals surface area (Å²) >= 11 is 0. The van der Waals surface area contributed by atoms with E-state index in [1.807, 2.05) is 6.92 Å². The Labute approximate surface area is 101 Å². The second-order valence-corrected chi connectivity index (χ2v) is 4.57. The highest BCUT2D eigenvalue weighted by Crippen LogP contribution is 2.28. The van der Waals surface area contributed by atoms with E-state index in [0.29, 0.717) is 6.42 Å². The third-order valence-corrected chi connectivity index (χ3v) is 3.31. The van der Waals surface area contributed by atoms with E-state index in [2.05, 4.69) is 20.8 Å². The van der Waals surface area contributed by atoms with E-state index in [1.165, 1.54) is 12.8 Å². The number of unbranched alkanes of at least 4 members (excludes halogenated alkanes) is 2. The molecule has 0 N–H and O–H groups in total. The van der Waals surface area contributed by atoms with Crippen LogP contribution in [-0.2, 0) is 9.53 Å². The minimum atomic E-state index is -0.193. The smallest absolute Gasteiger partial charge is 0.306 e. The van der Waals surface area contributed by atoms with Crippen LogP contribution in [0.3, 0.4) is 0 Å². The van der Waals surface area contributed by atoms with Crippen LogP contribution in [0.4, 0.5) is 0 Å². The Hall–Kier alpha value is -0.530. The summed E-state index contributed by atoms with van der Waals surface area (Å²) in [5.41, 5.74) is -0.193. The lowest BCUT2D eigenvalue weighted by atomic mass is 9.90. The van der Waals surface area contributed by atoms with Gasteiger partial charge in [0.05, 0.1) is 0 Å². The lowest BCUT2D eigenvalue weighted by Gasteiger charge is -2.31. The molecule has 0 aromatic heterocycles. The number of carbonyl (C=O) groups excluding carboxylic acids is 1. The summed E-state index contributed by atoms with van der Waals surface area (Å²) in [7, 11) is 0. The minimum Gasteiger partial charge on any atom is -0.459 e. The maximum absolute atomic E-state index is 11.6. The van der Waals surface area contributed by atoms with E-state index in [-0.39, 0.29) is 11.6 Å². The molecule has 0 aromatic rings. The molecule has 0 spiro atoms. The molecule has 0 aromatic carbocycles. The van der Waals surface area contributed by atoms with Crippen molar-refractivity contribution in [1.82, 2.24) is 0 Å². The predicted molar refractivity (Wildman–Crippen MR) is 68.5 cm³/mol. The molecule has 2 heteroatoms. The average molecular weight is 228 g/mol. The van der Waals surface area contributed by atoms with Crippen molar-refractivity contribution in [3.63, 3.8) is 0 Å². The van der Waals surface area contributed by atoms with Crippen molar-refractivity contribution in [3.8, 4) is 0 Å². The van der Waals surface area contributed by atoms with Gasteiger partial charge in [-0.15, -0.1) is 0 Å². The molecule has 2 nitrogen and oxygen atoms in total. The third kappa shape index (κ3) is 5.53. The lowest BCUT2D eigenvalue weighted by Crippen LogP contribution is -2.33. The number of carbonyl (C=O) groups is 1. The van der Waals surface area contributed by atoms with Gasteiger partial charge in [0, 0.05) is 6.42 Å². The van der Waals surface area contributed by atoms with Gasteiger partial charge < -0.3 is 4.74 Å². The Bertz CT molecular complexity index is 183. The highest BCUT2D eigenvalue weighted by Gasteiger charge is 2.29. The van der Waals surface area contributed by atoms with Gasteiger partial charge in [-0.25, -0.2) is 0 Å². The topological polar surface area (TPSA) is 26.3 Å². The van der Waals surface area contributed by atoms with Crippen LogP contribution in [0.25, 0.3) is 0 Å². The third-order valence-electron chi connectivity index (χ3n) is 3.31. The summed E-state index contributed by atoms with van der Waals surface area (Å²) in [6, 6.07) is 0. The van der Waals surface area contributed by atoms with Crippen molar-refractivity contribution in [2.75, 3.05) is 0 Å². The van der Waals surface area contributed by atoms with Gasteiger partial charge in [0.25, 0.3) is 0 Å². The molecule has 0 saturated heterocycles. The Morgan fingerprint density at radius 3 is 2.06 bits per heavy atom. The quantitative estimate of drug-likeness (QED) is 0.430. The number of esters is 1. The van der Waals surface area contributed by atoms with Gasteiger partial charge in [-0.2, -0.15) is 0 Å². The van der Waals surface area contributed by atoms with Crippen molar-refractivity contribution in [1.29, 1.82) is 0 Å². The zero-order chi connectivity index (χ0) is 12.4. The molecular weight excluding hydrogens is 200 g/mol. The molecule has 0 fully saturated rings. The molecule has 0 radical (unpaired) electrons. The van der Waals surface area contributed by atoms with Gasteiger partial charge in [0.2, 0.25) is 0 Å². The summed E-state index contributed by atoms with van der Waals surface area (Å²) in [6.07, 6.45) is 7.92. The van der Waals surface area contributed by atoms with Crippen LogP contribution in [0.2, 0.25) is 0 Å². The van der Waals surface area contributed by atoms with Crippen LogP contribution in [-0.4, -0.2) is 11.6 Å². The van der Waals surface area contributed by atoms with E-state index in [4.69, 9.17) is 4.74 Å². The Kier molecular flexibility index (Phi) is 8.32. The van der Waals surface area contributed by atoms with Crippen molar-refractivity contribution in [3.05, 3.63) is 0 Å². The minimum absolute atomic E-state index is 0.0253. The summed E-state index contributed by atoms with van der Waals surface area (Å²) in [6.45, 7) is 8.45. The summed E-state index contributed by atoms with van der Waals surface area (Å²) in [4.78, 5) is 11.6. The van der Waals surface area contributed by atoms with Gasteiger partial charge in [0.1, 0.15) is 5.60 Å². The highest BCUT2D eigenvalue weighted by molar-refractivity contribution is 5.69. The van der Waals surface area contributed by atoms with Gasteiger partial charge in [-0.1, -0.05) is 40.5 Å². The summed E-state index contributed by atoms with van der Waals surface area (Å²) < 4.78 is 5.68. The lowest BCUT2D eigenvalue weighted by molar-refractivity contribution is -0.161. The maximum Gasteiger partial charge on any atom is 0.306 e. The van der Waals surface area contributed by atoms with E-state index in [0.717, 1.165) is 32.1 Å². The fourth-order valence-corrected chi connectivity index (χ4v) is 1.99. The van der Waals surface area contributed by atoms with Crippen molar-refractivity contribution in [2.24, 2.45) is 0 Å². The van der Waals surface area contributed by atoms with Gasteiger partial charge in [0.15, 0.2) is 0 Å². The second kappa shape index (κ2) is 8.60. The van der Waals surface area contributed by atoms with E-state index < -0.39 is 0 Å². The Morgan fingerprint density at radius 1 is 1.00 bits per heavy atom. The summed E-state index contributed by atoms with van der Waals surface area (Å²) in [5.74, 6) is -0.0253. The molecule has 0 rings (SSSR count). The fourth-order valence-electron chi connectivity index (χ4n) is 1.99. The standard InChI is InChI=1S/C14H28O2/c1-5-9-10-12-14(7-3,8-4)16-13(15)11-6-2/h5-12H2,1-4H3. The molecule has 0 atom stereocenters. The predicted octanol–water partition coefficient (Wildman–Crippen LogP) is 4.47. The monoisotopic (exact) mass is 228 g/mol. The zero-order valence-corrected chi connectivity index (χ0v) is 11.5. The molecular formula is C14H28O2. The molecule has 0 saturated carbocycles. The van der Waals surface area contributed by atoms with Crippen LogP contribution in [0.5, 0.6) is 0 Å². The van der Waals surface area contributed by atoms with Gasteiger partial charge in [-0.05, 0) is 32.1 Å². The molecule has 0 aliphatic rings. The first kappa shape index (κ1) is 15.5. The molecule has 0 aliphatic carbocycles. The van der Waals surface area contributed by atoms with Gasteiger partial charge in [-0.3, -0.25) is 4.79 Å². The number of rotatable bonds is 9. The van der Waals surface area contributed by atoms with Crippen molar-refractivity contribution < 1.29 is 9.53 Å². The molecule has 0 heterocycles. The zero-order valence-electron chi connectivity index (χ0n) is 11.5. The van der Waals surface area contributed by atoms with Crippen molar-refractivity contribution in [2.45, 2.75) is 84.7 Å². The first-order valence-corrected chi connectivity index (χ1v) is 6.86. The summed E-state index contributed by atoms with van der Waals surface area (Å²) in [5, 5.41) is 0. The first-order valence-electron chi connectivity index (χ1n) is 6.86. The SMILES string of the molecule is CCCCCC(CC)(CC)OC(=O)CCC. The fraction of sp³-hybridized carbons (Fsp3) is 0.929. The largest absolute Gasteiger partial charge is 0.459 e. The molecule has 0 amide bonds. The van der Waals surface area contributed by atoms with Crippen LogP contribution in [0, 0.1) is 0 Å². The van der Waals surface area contributed by atoms with E-state index >= 15 is 0 Å². The van der Waals surface area contributed by atoms with Crippen LogP contribution in [0.1, 0.15) is 79.1 Å². The van der Waals surface area contributed by atoms with E-state index in [1.54, 1.807) is 0 Å². The van der Waals surface area contributed by atoms with E-state index in [9.17, 15) is 4.79 Å². The van der Waals surface area contributed by atoms with Crippen LogP contribution in [0.15, 0.2) is 0 Å². The normalized spacial score (nSPS) is 11.5. The number of hydrogen-bond acceptors (Lipinski definition) is 2. The highest BCUT2D eigenvalue weighted by atomic mass is 16.6. The first-order chi connectivity index (χ1) is 7.64.